The third kappa shape index (κ3) is 4.50. The number of carbonyl (C=O) groups is 1. The number of likely N-dealkylation sites (tertiary alicyclic amines) is 2. The van der Waals surface area contributed by atoms with Gasteiger partial charge in [0.2, 0.25) is 5.91 Å². The maximum atomic E-state index is 12.6. The molecule has 5 heteroatoms. The van der Waals surface area contributed by atoms with Crippen LogP contribution in [0.2, 0.25) is 0 Å². The lowest BCUT2D eigenvalue weighted by molar-refractivity contribution is -0.132. The van der Waals surface area contributed by atoms with Crippen molar-refractivity contribution in [2.24, 2.45) is 16.7 Å². The lowest BCUT2D eigenvalue weighted by atomic mass is 9.71. The maximum absolute atomic E-state index is 12.6. The molecule has 2 aliphatic heterocycles. The monoisotopic (exact) mass is 339 g/mol. The molecule has 2 unspecified atom stereocenters. The second kappa shape index (κ2) is 8.15. The summed E-state index contributed by atoms with van der Waals surface area (Å²) in [5, 5.41) is 3.11. The molecule has 2 rings (SSSR count). The van der Waals surface area contributed by atoms with Gasteiger partial charge in [0.05, 0.1) is 19.1 Å². The molecule has 2 atom stereocenters. The van der Waals surface area contributed by atoms with Crippen LogP contribution >= 0.6 is 0 Å². The molecular weight excluding hydrogens is 302 g/mol. The number of ether oxygens (including phenoxy) is 1. The molecule has 0 aromatic carbocycles. The highest BCUT2D eigenvalue weighted by Crippen LogP contribution is 2.42. The predicted octanol–water partition coefficient (Wildman–Crippen LogP) is 1.83. The second-order valence-electron chi connectivity index (χ2n) is 8.54. The molecule has 0 radical (unpaired) electrons. The Bertz CT molecular complexity index is 423. The van der Waals surface area contributed by atoms with Gasteiger partial charge in [0, 0.05) is 38.1 Å². The first kappa shape index (κ1) is 19.7. The minimum Gasteiger partial charge on any atom is -0.379 e. The topological polar surface area (TPSA) is 44.8 Å². The van der Waals surface area contributed by atoms with E-state index >= 15 is 0 Å². The van der Waals surface area contributed by atoms with Crippen LogP contribution in [0.1, 0.15) is 40.0 Å². The molecule has 140 valence electrons. The zero-order valence-corrected chi connectivity index (χ0v) is 16.4. The Morgan fingerprint density at radius 2 is 1.92 bits per heavy atom. The molecule has 2 heterocycles. The first-order chi connectivity index (χ1) is 11.3. The fourth-order valence-corrected chi connectivity index (χ4v) is 4.57. The number of hydrogen-bond donors (Lipinski definition) is 1. The van der Waals surface area contributed by atoms with E-state index in [2.05, 4.69) is 50.0 Å². The average Bonchev–Trinajstić information content (AvgIpc) is 2.84. The molecule has 24 heavy (non-hydrogen) atoms. The molecule has 1 amide bonds. The van der Waals surface area contributed by atoms with Crippen LogP contribution in [0.25, 0.3) is 0 Å². The van der Waals surface area contributed by atoms with Gasteiger partial charge in [-0.25, -0.2) is 0 Å². The van der Waals surface area contributed by atoms with Gasteiger partial charge in [0.1, 0.15) is 0 Å². The van der Waals surface area contributed by atoms with Crippen LogP contribution in [0.15, 0.2) is 0 Å². The predicted molar refractivity (Wildman–Crippen MR) is 98.1 cm³/mol. The summed E-state index contributed by atoms with van der Waals surface area (Å²) in [7, 11) is 4.25. The molecule has 5 nitrogen and oxygen atoms in total. The van der Waals surface area contributed by atoms with Gasteiger partial charge < -0.3 is 19.9 Å². The van der Waals surface area contributed by atoms with Gasteiger partial charge >= 0.3 is 0 Å². The highest BCUT2D eigenvalue weighted by atomic mass is 16.5. The van der Waals surface area contributed by atoms with Crippen molar-refractivity contribution < 1.29 is 9.53 Å². The van der Waals surface area contributed by atoms with E-state index in [-0.39, 0.29) is 22.7 Å². The minimum atomic E-state index is 0.125. The summed E-state index contributed by atoms with van der Waals surface area (Å²) in [6.45, 7) is 12.8. The number of hydrogen-bond acceptors (Lipinski definition) is 4. The Labute approximate surface area is 148 Å². The summed E-state index contributed by atoms with van der Waals surface area (Å²) in [4.78, 5) is 17.2. The number of nitrogens with zero attached hydrogens (tertiary/aromatic N) is 2. The Morgan fingerprint density at radius 3 is 2.50 bits per heavy atom. The van der Waals surface area contributed by atoms with Gasteiger partial charge in [-0.2, -0.15) is 0 Å². The van der Waals surface area contributed by atoms with Crippen molar-refractivity contribution in [1.29, 1.82) is 0 Å². The van der Waals surface area contributed by atoms with Crippen molar-refractivity contribution in [3.8, 4) is 0 Å². The molecular formula is C19H37N3O2. The van der Waals surface area contributed by atoms with Crippen molar-refractivity contribution in [2.45, 2.75) is 40.0 Å². The fourth-order valence-electron chi connectivity index (χ4n) is 4.57. The Hall–Kier alpha value is -0.650. The fraction of sp³-hybridized carbons (Fsp3) is 0.947. The summed E-state index contributed by atoms with van der Waals surface area (Å²) in [6, 6.07) is 0. The number of nitrogens with one attached hydrogen (secondary N) is 1. The Morgan fingerprint density at radius 1 is 1.25 bits per heavy atom. The van der Waals surface area contributed by atoms with Crippen molar-refractivity contribution >= 4 is 5.91 Å². The highest BCUT2D eigenvalue weighted by molar-refractivity contribution is 5.80. The normalized spacial score (nSPS) is 26.3. The SMILES string of the molecule is CCCC(C)(CC)COCCNC(=O)C1CN(C)CC12CN(C)C2. The molecule has 0 aromatic rings. The zero-order chi connectivity index (χ0) is 17.8. The average molecular weight is 340 g/mol. The van der Waals surface area contributed by atoms with Crippen molar-refractivity contribution in [1.82, 2.24) is 15.1 Å². The van der Waals surface area contributed by atoms with Crippen LogP contribution < -0.4 is 5.32 Å². The minimum absolute atomic E-state index is 0.125. The molecule has 2 saturated heterocycles. The number of carbonyl (C=O) groups excluding carboxylic acids is 1. The summed E-state index contributed by atoms with van der Waals surface area (Å²) >= 11 is 0. The maximum Gasteiger partial charge on any atom is 0.225 e. The largest absolute Gasteiger partial charge is 0.379 e. The lowest BCUT2D eigenvalue weighted by Crippen LogP contribution is -2.61. The van der Waals surface area contributed by atoms with Crippen molar-refractivity contribution in [2.75, 3.05) is 60.0 Å². The van der Waals surface area contributed by atoms with E-state index in [0.29, 0.717) is 13.2 Å². The lowest BCUT2D eigenvalue weighted by Gasteiger charge is -2.49. The molecule has 1 N–H and O–H groups in total. The first-order valence-corrected chi connectivity index (χ1v) is 9.57. The van der Waals surface area contributed by atoms with Gasteiger partial charge in [0.15, 0.2) is 0 Å². The zero-order valence-electron chi connectivity index (χ0n) is 16.4. The van der Waals surface area contributed by atoms with E-state index in [9.17, 15) is 4.79 Å². The standard InChI is InChI=1S/C19H37N3O2/c1-6-8-18(3,7-2)15-24-10-9-20-17(23)16-11-21(4)12-19(16)13-22(5)14-19/h16H,6-15H2,1-5H3,(H,20,23). The number of amides is 1. The molecule has 0 aliphatic carbocycles. The van der Waals surface area contributed by atoms with E-state index in [1.165, 1.54) is 12.8 Å². The van der Waals surface area contributed by atoms with Gasteiger partial charge in [0.25, 0.3) is 0 Å². The number of rotatable bonds is 9. The third-order valence-corrected chi connectivity index (χ3v) is 6.01. The van der Waals surface area contributed by atoms with E-state index in [4.69, 9.17) is 4.74 Å². The molecule has 2 fully saturated rings. The van der Waals surface area contributed by atoms with Crippen LogP contribution in [0.5, 0.6) is 0 Å². The van der Waals surface area contributed by atoms with Gasteiger partial charge in [-0.15, -0.1) is 0 Å². The van der Waals surface area contributed by atoms with Crippen LogP contribution in [-0.4, -0.2) is 75.7 Å². The summed E-state index contributed by atoms with van der Waals surface area (Å²) in [5.41, 5.74) is 0.448. The van der Waals surface area contributed by atoms with E-state index in [0.717, 1.165) is 39.2 Å². The quantitative estimate of drug-likeness (QED) is 0.651. The summed E-state index contributed by atoms with van der Waals surface area (Å²) in [6.07, 6.45) is 3.52. The van der Waals surface area contributed by atoms with E-state index in [1.807, 2.05) is 0 Å². The van der Waals surface area contributed by atoms with Crippen molar-refractivity contribution in [3.63, 3.8) is 0 Å². The van der Waals surface area contributed by atoms with Crippen molar-refractivity contribution in [3.05, 3.63) is 0 Å². The van der Waals surface area contributed by atoms with E-state index in [1.54, 1.807) is 0 Å². The van der Waals surface area contributed by atoms with Crippen LogP contribution in [0.3, 0.4) is 0 Å². The second-order valence-corrected chi connectivity index (χ2v) is 8.54. The molecule has 2 aliphatic rings. The van der Waals surface area contributed by atoms with Gasteiger partial charge in [-0.1, -0.05) is 27.2 Å². The summed E-state index contributed by atoms with van der Waals surface area (Å²) in [5.74, 6) is 0.336. The van der Waals surface area contributed by atoms with E-state index < -0.39 is 0 Å². The Balaban J connectivity index is 1.70. The Kier molecular flexibility index (Phi) is 6.68. The van der Waals surface area contributed by atoms with Gasteiger partial charge in [-0.05, 0) is 32.4 Å². The molecule has 0 aromatic heterocycles. The smallest absolute Gasteiger partial charge is 0.225 e. The van der Waals surface area contributed by atoms with Crippen LogP contribution in [-0.2, 0) is 9.53 Å². The van der Waals surface area contributed by atoms with Crippen LogP contribution in [0.4, 0.5) is 0 Å². The molecule has 0 saturated carbocycles. The highest BCUT2D eigenvalue weighted by Gasteiger charge is 2.54. The molecule has 1 spiro atoms. The third-order valence-electron chi connectivity index (χ3n) is 6.01. The molecule has 0 bridgehead atoms. The van der Waals surface area contributed by atoms with Gasteiger partial charge in [-0.3, -0.25) is 4.79 Å². The first-order valence-electron chi connectivity index (χ1n) is 9.57. The van der Waals surface area contributed by atoms with Crippen LogP contribution in [0, 0.1) is 16.7 Å². The summed E-state index contributed by atoms with van der Waals surface area (Å²) < 4.78 is 5.85.